The monoisotopic (exact) mass is 171 g/mol. The standard InChI is InChI=1S/C6H9N3O3/c10-2-4-6(12)5(11)3-1-7-8-9(3)4/h1,4-6,10-12H,2H2/t4-,5+,6+/m0/s1. The number of aliphatic hydroxyl groups is 3. The van der Waals surface area contributed by atoms with Crippen LogP contribution in [0.3, 0.4) is 0 Å². The van der Waals surface area contributed by atoms with Crippen LogP contribution in [0.15, 0.2) is 6.20 Å². The third-order valence-electron chi connectivity index (χ3n) is 2.12. The molecule has 0 saturated heterocycles. The summed E-state index contributed by atoms with van der Waals surface area (Å²) in [5, 5.41) is 34.8. The van der Waals surface area contributed by atoms with E-state index >= 15 is 0 Å². The second kappa shape index (κ2) is 2.51. The first-order valence-corrected chi connectivity index (χ1v) is 3.62. The van der Waals surface area contributed by atoms with Crippen molar-refractivity contribution in [2.24, 2.45) is 0 Å². The first-order chi connectivity index (χ1) is 5.75. The molecule has 0 saturated carbocycles. The maximum atomic E-state index is 9.38. The lowest BCUT2D eigenvalue weighted by molar-refractivity contribution is -0.00297. The first-order valence-electron chi connectivity index (χ1n) is 3.62. The molecule has 0 fully saturated rings. The molecule has 66 valence electrons. The SMILES string of the molecule is OC[C@H]1[C@@H](O)[C@H](O)c2cnnn21. The van der Waals surface area contributed by atoms with Crippen LogP contribution in [0.5, 0.6) is 0 Å². The van der Waals surface area contributed by atoms with E-state index in [1.165, 1.54) is 10.9 Å². The van der Waals surface area contributed by atoms with Crippen LogP contribution in [-0.4, -0.2) is 43.0 Å². The van der Waals surface area contributed by atoms with Crippen molar-refractivity contribution in [1.29, 1.82) is 0 Å². The molecule has 0 unspecified atom stereocenters. The molecule has 0 radical (unpaired) electrons. The van der Waals surface area contributed by atoms with Crippen molar-refractivity contribution in [3.8, 4) is 0 Å². The molecule has 2 heterocycles. The summed E-state index contributed by atoms with van der Waals surface area (Å²) in [7, 11) is 0. The van der Waals surface area contributed by atoms with Crippen LogP contribution in [-0.2, 0) is 0 Å². The van der Waals surface area contributed by atoms with E-state index in [1.54, 1.807) is 0 Å². The second-order valence-corrected chi connectivity index (χ2v) is 2.79. The highest BCUT2D eigenvalue weighted by Gasteiger charge is 2.39. The van der Waals surface area contributed by atoms with Crippen LogP contribution in [0.2, 0.25) is 0 Å². The zero-order valence-corrected chi connectivity index (χ0v) is 6.20. The van der Waals surface area contributed by atoms with E-state index in [-0.39, 0.29) is 6.61 Å². The molecule has 1 aliphatic rings. The third kappa shape index (κ3) is 0.795. The quantitative estimate of drug-likeness (QED) is 0.464. The Bertz CT molecular complexity index is 287. The van der Waals surface area contributed by atoms with E-state index in [4.69, 9.17) is 5.11 Å². The van der Waals surface area contributed by atoms with E-state index in [1.807, 2.05) is 0 Å². The van der Waals surface area contributed by atoms with Crippen molar-refractivity contribution in [3.05, 3.63) is 11.9 Å². The van der Waals surface area contributed by atoms with Crippen molar-refractivity contribution in [2.75, 3.05) is 6.61 Å². The number of aromatic nitrogens is 3. The van der Waals surface area contributed by atoms with Gasteiger partial charge in [-0.05, 0) is 0 Å². The van der Waals surface area contributed by atoms with E-state index in [9.17, 15) is 10.2 Å². The lowest BCUT2D eigenvalue weighted by Crippen LogP contribution is -2.24. The fraction of sp³-hybridized carbons (Fsp3) is 0.667. The van der Waals surface area contributed by atoms with E-state index < -0.39 is 18.2 Å². The summed E-state index contributed by atoms with van der Waals surface area (Å²) in [6, 6.07) is -0.572. The minimum atomic E-state index is -0.989. The van der Waals surface area contributed by atoms with Crippen LogP contribution in [0.4, 0.5) is 0 Å². The van der Waals surface area contributed by atoms with E-state index in [0.717, 1.165) is 0 Å². The van der Waals surface area contributed by atoms with E-state index in [0.29, 0.717) is 5.69 Å². The van der Waals surface area contributed by atoms with Gasteiger partial charge in [0.15, 0.2) is 0 Å². The maximum absolute atomic E-state index is 9.38. The van der Waals surface area contributed by atoms with Crippen molar-refractivity contribution >= 4 is 0 Å². The largest absolute Gasteiger partial charge is 0.394 e. The molecule has 0 bridgehead atoms. The van der Waals surface area contributed by atoms with Crippen LogP contribution < -0.4 is 0 Å². The molecule has 0 aromatic carbocycles. The lowest BCUT2D eigenvalue weighted by atomic mass is 10.1. The molecule has 1 aromatic heterocycles. The summed E-state index contributed by atoms with van der Waals surface area (Å²) >= 11 is 0. The minimum Gasteiger partial charge on any atom is -0.394 e. The molecule has 6 nitrogen and oxygen atoms in total. The van der Waals surface area contributed by atoms with Gasteiger partial charge in [-0.1, -0.05) is 5.21 Å². The molecule has 12 heavy (non-hydrogen) atoms. The topological polar surface area (TPSA) is 91.4 Å². The number of rotatable bonds is 1. The fourth-order valence-electron chi connectivity index (χ4n) is 1.44. The van der Waals surface area contributed by atoms with Gasteiger partial charge in [0.05, 0.1) is 18.5 Å². The normalized spacial score (nSPS) is 33.8. The number of aliphatic hydroxyl groups excluding tert-OH is 3. The molecule has 6 heteroatoms. The first kappa shape index (κ1) is 7.66. The highest BCUT2D eigenvalue weighted by molar-refractivity contribution is 5.10. The lowest BCUT2D eigenvalue weighted by Gasteiger charge is -2.13. The van der Waals surface area contributed by atoms with Crippen LogP contribution in [0.25, 0.3) is 0 Å². The highest BCUT2D eigenvalue weighted by atomic mass is 16.3. The zero-order chi connectivity index (χ0) is 8.72. The summed E-state index contributed by atoms with van der Waals surface area (Å²) in [6.45, 7) is -0.255. The van der Waals surface area contributed by atoms with Gasteiger partial charge in [-0.25, -0.2) is 4.68 Å². The smallest absolute Gasteiger partial charge is 0.125 e. The predicted molar refractivity (Wildman–Crippen MR) is 37.1 cm³/mol. The Morgan fingerprint density at radius 1 is 1.50 bits per heavy atom. The number of fused-ring (bicyclic) bond motifs is 1. The van der Waals surface area contributed by atoms with Gasteiger partial charge in [-0.15, -0.1) is 5.10 Å². The Balaban J connectivity index is 2.42. The maximum Gasteiger partial charge on any atom is 0.125 e. The minimum absolute atomic E-state index is 0.255. The average molecular weight is 171 g/mol. The van der Waals surface area contributed by atoms with Gasteiger partial charge in [0, 0.05) is 0 Å². The number of hydrogen-bond acceptors (Lipinski definition) is 5. The molecule has 0 aliphatic carbocycles. The fourth-order valence-corrected chi connectivity index (χ4v) is 1.44. The van der Waals surface area contributed by atoms with Gasteiger partial charge < -0.3 is 15.3 Å². The molecular formula is C6H9N3O3. The molecule has 0 amide bonds. The van der Waals surface area contributed by atoms with Gasteiger partial charge in [0.2, 0.25) is 0 Å². The Morgan fingerprint density at radius 3 is 2.92 bits per heavy atom. The Hall–Kier alpha value is -0.980. The molecule has 3 atom stereocenters. The van der Waals surface area contributed by atoms with Crippen molar-refractivity contribution in [2.45, 2.75) is 18.2 Å². The summed E-state index contributed by atoms with van der Waals surface area (Å²) in [6.07, 6.45) is -0.596. The molecule has 2 rings (SSSR count). The Labute approximate surface area is 68.1 Å². The van der Waals surface area contributed by atoms with E-state index in [2.05, 4.69) is 10.3 Å². The van der Waals surface area contributed by atoms with Crippen molar-refractivity contribution < 1.29 is 15.3 Å². The van der Waals surface area contributed by atoms with Crippen molar-refractivity contribution in [3.63, 3.8) is 0 Å². The highest BCUT2D eigenvalue weighted by Crippen LogP contribution is 2.32. The summed E-state index contributed by atoms with van der Waals surface area (Å²) in [5.74, 6) is 0. The van der Waals surface area contributed by atoms with Crippen LogP contribution in [0.1, 0.15) is 17.8 Å². The van der Waals surface area contributed by atoms with Crippen molar-refractivity contribution in [1.82, 2.24) is 15.0 Å². The summed E-state index contributed by atoms with van der Waals surface area (Å²) < 4.78 is 1.34. The molecular weight excluding hydrogens is 162 g/mol. The van der Waals surface area contributed by atoms with Gasteiger partial charge >= 0.3 is 0 Å². The molecule has 1 aliphatic heterocycles. The zero-order valence-electron chi connectivity index (χ0n) is 6.20. The average Bonchev–Trinajstić information content (AvgIpc) is 2.59. The molecule has 0 spiro atoms. The number of hydrogen-bond donors (Lipinski definition) is 3. The Morgan fingerprint density at radius 2 is 2.25 bits per heavy atom. The summed E-state index contributed by atoms with van der Waals surface area (Å²) in [5.41, 5.74) is 0.446. The van der Waals surface area contributed by atoms with Gasteiger partial charge in [-0.2, -0.15) is 0 Å². The molecule has 1 aromatic rings. The summed E-state index contributed by atoms with van der Waals surface area (Å²) in [4.78, 5) is 0. The van der Waals surface area contributed by atoms with Crippen LogP contribution >= 0.6 is 0 Å². The third-order valence-corrected chi connectivity index (χ3v) is 2.12. The Kier molecular flexibility index (Phi) is 1.60. The molecule has 3 N–H and O–H groups in total. The second-order valence-electron chi connectivity index (χ2n) is 2.79. The van der Waals surface area contributed by atoms with Gasteiger partial charge in [0.1, 0.15) is 18.2 Å². The van der Waals surface area contributed by atoms with Crippen LogP contribution in [0, 0.1) is 0 Å². The number of nitrogens with zero attached hydrogens (tertiary/aromatic N) is 3. The predicted octanol–water partition coefficient (Wildman–Crippen LogP) is -1.78. The van der Waals surface area contributed by atoms with Gasteiger partial charge in [-0.3, -0.25) is 0 Å². The van der Waals surface area contributed by atoms with Gasteiger partial charge in [0.25, 0.3) is 0 Å².